The SMILES string of the molecule is Fc1cccc(COc2ccc(Nc3ncnc4ccc(-c5cn(C6CCN(Cc7ccccc7)CC6)nn5)cc34)cc2Cl)c1. The minimum absolute atomic E-state index is 0.210. The first kappa shape index (κ1) is 28.9. The Bertz CT molecular complexity index is 1930. The molecule has 6 aromatic rings. The van der Waals surface area contributed by atoms with Crippen LogP contribution >= 0.6 is 11.6 Å². The lowest BCUT2D eigenvalue weighted by molar-refractivity contribution is 0.172. The molecule has 0 saturated carbocycles. The number of hydrogen-bond acceptors (Lipinski definition) is 7. The third kappa shape index (κ3) is 6.79. The molecule has 45 heavy (non-hydrogen) atoms. The van der Waals surface area contributed by atoms with Gasteiger partial charge in [0.1, 0.15) is 36.0 Å². The van der Waals surface area contributed by atoms with E-state index in [4.69, 9.17) is 16.3 Å². The molecule has 1 aliphatic heterocycles. The summed E-state index contributed by atoms with van der Waals surface area (Å²) >= 11 is 6.54. The molecular formula is C35H31ClFN7O. The fraction of sp³-hybridized carbons (Fsp3) is 0.200. The van der Waals surface area contributed by atoms with E-state index in [2.05, 4.69) is 60.8 Å². The maximum Gasteiger partial charge on any atom is 0.141 e. The van der Waals surface area contributed by atoms with Crippen molar-refractivity contribution >= 4 is 34.0 Å². The topological polar surface area (TPSA) is 81.0 Å². The smallest absolute Gasteiger partial charge is 0.141 e. The van der Waals surface area contributed by atoms with Gasteiger partial charge in [0.25, 0.3) is 0 Å². The molecule has 0 unspecified atom stereocenters. The van der Waals surface area contributed by atoms with Gasteiger partial charge in [-0.05, 0) is 66.4 Å². The van der Waals surface area contributed by atoms with Gasteiger partial charge in [0.2, 0.25) is 0 Å². The molecule has 0 aliphatic carbocycles. The van der Waals surface area contributed by atoms with Gasteiger partial charge in [-0.25, -0.2) is 19.0 Å². The van der Waals surface area contributed by atoms with E-state index in [1.54, 1.807) is 24.3 Å². The lowest BCUT2D eigenvalue weighted by Crippen LogP contribution is -2.34. The van der Waals surface area contributed by atoms with Crippen LogP contribution in [0.1, 0.15) is 30.0 Å². The number of nitrogens with zero attached hydrogens (tertiary/aromatic N) is 6. The number of anilines is 2. The zero-order chi connectivity index (χ0) is 30.6. The zero-order valence-electron chi connectivity index (χ0n) is 24.5. The molecule has 1 fully saturated rings. The Morgan fingerprint density at radius 2 is 1.73 bits per heavy atom. The van der Waals surface area contributed by atoms with Crippen LogP contribution in [-0.4, -0.2) is 43.0 Å². The van der Waals surface area contributed by atoms with E-state index in [0.717, 1.165) is 65.9 Å². The van der Waals surface area contributed by atoms with Crippen LogP contribution in [0, 0.1) is 5.82 Å². The van der Waals surface area contributed by atoms with Gasteiger partial charge in [-0.15, -0.1) is 5.10 Å². The van der Waals surface area contributed by atoms with Gasteiger partial charge in [0, 0.05) is 36.3 Å². The van der Waals surface area contributed by atoms with Crippen molar-refractivity contribution in [1.82, 2.24) is 29.9 Å². The van der Waals surface area contributed by atoms with Crippen molar-refractivity contribution in [2.24, 2.45) is 0 Å². The highest BCUT2D eigenvalue weighted by Gasteiger charge is 2.22. The minimum Gasteiger partial charge on any atom is -0.487 e. The van der Waals surface area contributed by atoms with E-state index < -0.39 is 0 Å². The Morgan fingerprint density at radius 1 is 0.889 bits per heavy atom. The Labute approximate surface area is 265 Å². The van der Waals surface area contributed by atoms with Gasteiger partial charge in [0.05, 0.1) is 22.8 Å². The van der Waals surface area contributed by atoms with Crippen molar-refractivity contribution in [2.45, 2.75) is 32.0 Å². The van der Waals surface area contributed by atoms with E-state index >= 15 is 0 Å². The summed E-state index contributed by atoms with van der Waals surface area (Å²) in [6.07, 6.45) is 5.64. The molecule has 0 atom stereocenters. The maximum absolute atomic E-state index is 13.5. The van der Waals surface area contributed by atoms with Crippen LogP contribution in [-0.2, 0) is 13.2 Å². The van der Waals surface area contributed by atoms with E-state index in [0.29, 0.717) is 22.6 Å². The Kier molecular flexibility index (Phi) is 8.35. The number of ether oxygens (including phenoxy) is 1. The normalized spacial score (nSPS) is 14.1. The molecule has 7 rings (SSSR count). The standard InChI is InChI=1S/C35H31ClFN7O/c36-31-19-28(10-12-34(31)45-22-25-7-4-8-27(37)17-25)40-35-30-18-26(9-11-32(30)38-23-39-35)33-21-44(42-41-33)29-13-15-43(16-14-29)20-24-5-2-1-3-6-24/h1-12,17-19,21,23,29H,13-16,20,22H2,(H,38,39,40). The van der Waals surface area contributed by atoms with Gasteiger partial charge in [0.15, 0.2) is 0 Å². The van der Waals surface area contributed by atoms with Crippen molar-refractivity contribution in [1.29, 1.82) is 0 Å². The van der Waals surface area contributed by atoms with Gasteiger partial charge >= 0.3 is 0 Å². The van der Waals surface area contributed by atoms with Crippen LogP contribution < -0.4 is 10.1 Å². The number of piperidine rings is 1. The molecule has 1 aliphatic rings. The summed E-state index contributed by atoms with van der Waals surface area (Å²) in [6.45, 7) is 3.25. The number of aromatic nitrogens is 5. The van der Waals surface area contributed by atoms with Crippen molar-refractivity contribution in [3.05, 3.63) is 125 Å². The molecule has 0 spiro atoms. The minimum atomic E-state index is -0.304. The Balaban J connectivity index is 1.03. The first-order valence-corrected chi connectivity index (χ1v) is 15.3. The molecule has 8 nitrogen and oxygen atoms in total. The van der Waals surface area contributed by atoms with Crippen LogP contribution in [0.5, 0.6) is 5.75 Å². The highest BCUT2D eigenvalue weighted by molar-refractivity contribution is 6.32. The highest BCUT2D eigenvalue weighted by atomic mass is 35.5. The quantitative estimate of drug-likeness (QED) is 0.177. The number of hydrogen-bond donors (Lipinski definition) is 1. The Hall–Kier alpha value is -4.86. The molecule has 3 heterocycles. The lowest BCUT2D eigenvalue weighted by Gasteiger charge is -2.31. The largest absolute Gasteiger partial charge is 0.487 e. The number of likely N-dealkylation sites (tertiary alicyclic amines) is 1. The summed E-state index contributed by atoms with van der Waals surface area (Å²) in [5, 5.41) is 13.7. The lowest BCUT2D eigenvalue weighted by atomic mass is 10.0. The van der Waals surface area contributed by atoms with Crippen molar-refractivity contribution in [3.63, 3.8) is 0 Å². The number of nitrogens with one attached hydrogen (secondary N) is 1. The predicted molar refractivity (Wildman–Crippen MR) is 174 cm³/mol. The first-order chi connectivity index (χ1) is 22.1. The number of benzene rings is 4. The monoisotopic (exact) mass is 619 g/mol. The fourth-order valence-electron chi connectivity index (χ4n) is 5.71. The average molecular weight is 620 g/mol. The number of rotatable bonds is 9. The number of halogens is 2. The molecule has 1 saturated heterocycles. The summed E-state index contributed by atoms with van der Waals surface area (Å²) in [7, 11) is 0. The fourth-order valence-corrected chi connectivity index (χ4v) is 5.94. The van der Waals surface area contributed by atoms with Crippen LogP contribution in [0.3, 0.4) is 0 Å². The third-order valence-electron chi connectivity index (χ3n) is 8.10. The second-order valence-electron chi connectivity index (χ2n) is 11.2. The van der Waals surface area contributed by atoms with Crippen LogP contribution in [0.2, 0.25) is 5.02 Å². The third-order valence-corrected chi connectivity index (χ3v) is 8.39. The second kappa shape index (κ2) is 13.0. The maximum atomic E-state index is 13.5. The molecule has 0 bridgehead atoms. The molecule has 1 N–H and O–H groups in total. The van der Waals surface area contributed by atoms with Crippen LogP contribution in [0.25, 0.3) is 22.2 Å². The summed E-state index contributed by atoms with van der Waals surface area (Å²) in [4.78, 5) is 11.5. The van der Waals surface area contributed by atoms with Gasteiger partial charge in [-0.3, -0.25) is 4.90 Å². The van der Waals surface area contributed by atoms with E-state index in [1.165, 1.54) is 24.0 Å². The van der Waals surface area contributed by atoms with Crippen LogP contribution in [0.15, 0.2) is 104 Å². The van der Waals surface area contributed by atoms with E-state index in [1.807, 2.05) is 35.1 Å². The molecule has 0 amide bonds. The predicted octanol–water partition coefficient (Wildman–Crippen LogP) is 7.84. The Morgan fingerprint density at radius 3 is 2.56 bits per heavy atom. The van der Waals surface area contributed by atoms with Gasteiger partial charge < -0.3 is 10.1 Å². The summed E-state index contributed by atoms with van der Waals surface area (Å²) in [6, 6.07) is 28.7. The molecule has 10 heteroatoms. The van der Waals surface area contributed by atoms with Gasteiger partial charge in [-0.2, -0.15) is 0 Å². The summed E-state index contributed by atoms with van der Waals surface area (Å²) < 4.78 is 21.3. The van der Waals surface area contributed by atoms with Crippen molar-refractivity contribution in [3.8, 4) is 17.0 Å². The molecule has 4 aromatic carbocycles. The molecule has 226 valence electrons. The zero-order valence-corrected chi connectivity index (χ0v) is 25.2. The summed E-state index contributed by atoms with van der Waals surface area (Å²) in [5.41, 5.74) is 5.36. The van der Waals surface area contributed by atoms with E-state index in [9.17, 15) is 4.39 Å². The van der Waals surface area contributed by atoms with Crippen molar-refractivity contribution in [2.75, 3.05) is 18.4 Å². The molecular weight excluding hydrogens is 589 g/mol. The van der Waals surface area contributed by atoms with Crippen LogP contribution in [0.4, 0.5) is 15.9 Å². The molecule has 0 radical (unpaired) electrons. The second-order valence-corrected chi connectivity index (χ2v) is 11.6. The molecule has 2 aromatic heterocycles. The van der Waals surface area contributed by atoms with Crippen molar-refractivity contribution < 1.29 is 9.13 Å². The van der Waals surface area contributed by atoms with Gasteiger partial charge in [-0.1, -0.05) is 65.3 Å². The van der Waals surface area contributed by atoms with E-state index in [-0.39, 0.29) is 12.4 Å². The number of fused-ring (bicyclic) bond motifs is 1. The first-order valence-electron chi connectivity index (χ1n) is 14.9. The average Bonchev–Trinajstić information content (AvgIpc) is 3.56. The highest BCUT2D eigenvalue weighted by Crippen LogP contribution is 2.33. The summed E-state index contributed by atoms with van der Waals surface area (Å²) in [5.74, 6) is 0.845.